The Balaban J connectivity index is 3.62. The van der Waals surface area contributed by atoms with Crippen molar-refractivity contribution in [3.05, 3.63) is 12.2 Å². The van der Waals surface area contributed by atoms with Gasteiger partial charge in [0.1, 0.15) is 0 Å². The Hall–Kier alpha value is -1.12. The van der Waals surface area contributed by atoms with Crippen LogP contribution in [0.1, 0.15) is 39.5 Å². The molecule has 3 nitrogen and oxygen atoms in total. The Morgan fingerprint density at radius 1 is 1.31 bits per heavy atom. The summed E-state index contributed by atoms with van der Waals surface area (Å²) in [6, 6.07) is 0. The molecule has 0 saturated heterocycles. The van der Waals surface area contributed by atoms with Gasteiger partial charge in [0.05, 0.1) is 0 Å². The minimum absolute atomic E-state index is 0.207. The lowest BCUT2D eigenvalue weighted by Gasteiger charge is -2.02. The first kappa shape index (κ1) is 11.9. The Labute approximate surface area is 79.2 Å². The van der Waals surface area contributed by atoms with E-state index in [2.05, 4.69) is 18.8 Å². The Morgan fingerprint density at radius 2 is 1.92 bits per heavy atom. The first-order valence-corrected chi connectivity index (χ1v) is 4.57. The highest BCUT2D eigenvalue weighted by Gasteiger charge is 2.06. The van der Waals surface area contributed by atoms with Gasteiger partial charge in [-0.05, 0) is 13.3 Å². The monoisotopic (exact) mass is 183 g/mol. The van der Waals surface area contributed by atoms with E-state index in [1.165, 1.54) is 0 Å². The number of rotatable bonds is 5. The summed E-state index contributed by atoms with van der Waals surface area (Å²) in [5, 5.41) is 2.26. The van der Waals surface area contributed by atoms with Crippen molar-refractivity contribution < 1.29 is 9.59 Å². The highest BCUT2D eigenvalue weighted by Crippen LogP contribution is 1.98. The quantitative estimate of drug-likeness (QED) is 0.521. The topological polar surface area (TPSA) is 46.2 Å². The average Bonchev–Trinajstić information content (AvgIpc) is 2.04. The Morgan fingerprint density at radius 3 is 2.38 bits per heavy atom. The number of amides is 2. The molecular weight excluding hydrogens is 166 g/mol. The highest BCUT2D eigenvalue weighted by atomic mass is 16.2. The second-order valence-corrected chi connectivity index (χ2v) is 3.11. The van der Waals surface area contributed by atoms with Gasteiger partial charge in [0.2, 0.25) is 5.91 Å². The van der Waals surface area contributed by atoms with Crippen molar-refractivity contribution in [3.63, 3.8) is 0 Å². The van der Waals surface area contributed by atoms with Gasteiger partial charge in [-0.1, -0.05) is 26.3 Å². The fourth-order valence-electron chi connectivity index (χ4n) is 0.831. The summed E-state index contributed by atoms with van der Waals surface area (Å²) in [6.07, 6.45) is 3.36. The van der Waals surface area contributed by atoms with E-state index in [9.17, 15) is 9.59 Å². The third-order valence-electron chi connectivity index (χ3n) is 1.65. The van der Waals surface area contributed by atoms with E-state index in [1.54, 1.807) is 6.92 Å². The van der Waals surface area contributed by atoms with Gasteiger partial charge < -0.3 is 0 Å². The fourth-order valence-corrected chi connectivity index (χ4v) is 0.831. The molecule has 0 radical (unpaired) electrons. The summed E-state index contributed by atoms with van der Waals surface area (Å²) in [5.74, 6) is -0.581. The zero-order valence-electron chi connectivity index (χ0n) is 8.35. The smallest absolute Gasteiger partial charge is 0.252 e. The van der Waals surface area contributed by atoms with Crippen LogP contribution in [0.3, 0.4) is 0 Å². The minimum Gasteiger partial charge on any atom is -0.293 e. The van der Waals surface area contributed by atoms with E-state index in [1.807, 2.05) is 0 Å². The molecule has 0 rings (SSSR count). The predicted octanol–water partition coefficient (Wildman–Crippen LogP) is 1.79. The summed E-state index contributed by atoms with van der Waals surface area (Å²) in [7, 11) is 0. The summed E-state index contributed by atoms with van der Waals surface area (Å²) in [6.45, 7) is 7.08. The molecule has 0 bridgehead atoms. The second kappa shape index (κ2) is 6.40. The number of hydrogen-bond acceptors (Lipinski definition) is 2. The molecule has 0 spiro atoms. The summed E-state index contributed by atoms with van der Waals surface area (Å²) >= 11 is 0. The molecule has 1 N–H and O–H groups in total. The van der Waals surface area contributed by atoms with Crippen LogP contribution in [0.25, 0.3) is 0 Å². The first-order chi connectivity index (χ1) is 6.07. The highest BCUT2D eigenvalue weighted by molar-refractivity contribution is 6.03. The van der Waals surface area contributed by atoms with E-state index in [0.29, 0.717) is 12.0 Å². The molecule has 74 valence electrons. The molecule has 0 aliphatic rings. The van der Waals surface area contributed by atoms with Crippen molar-refractivity contribution in [2.45, 2.75) is 39.5 Å². The van der Waals surface area contributed by atoms with Crippen molar-refractivity contribution in [1.29, 1.82) is 0 Å². The summed E-state index contributed by atoms with van der Waals surface area (Å²) in [4.78, 5) is 22.0. The van der Waals surface area contributed by atoms with Crippen LogP contribution in [0.4, 0.5) is 0 Å². The number of unbranched alkanes of at least 4 members (excludes halogenated alkanes) is 2. The van der Waals surface area contributed by atoms with Crippen LogP contribution < -0.4 is 5.32 Å². The number of nitrogens with one attached hydrogen (secondary N) is 1. The molecule has 0 atom stereocenters. The second-order valence-electron chi connectivity index (χ2n) is 3.11. The van der Waals surface area contributed by atoms with Crippen LogP contribution in [-0.4, -0.2) is 11.8 Å². The van der Waals surface area contributed by atoms with Crippen LogP contribution in [0, 0.1) is 0 Å². The van der Waals surface area contributed by atoms with E-state index < -0.39 is 0 Å². The third kappa shape index (κ3) is 6.08. The molecule has 0 saturated carbocycles. The average molecular weight is 183 g/mol. The zero-order valence-corrected chi connectivity index (χ0v) is 8.35. The largest absolute Gasteiger partial charge is 0.293 e. The van der Waals surface area contributed by atoms with E-state index in [4.69, 9.17) is 0 Å². The van der Waals surface area contributed by atoms with Crippen molar-refractivity contribution in [2.75, 3.05) is 0 Å². The minimum atomic E-state index is -0.374. The first-order valence-electron chi connectivity index (χ1n) is 4.57. The molecule has 0 fully saturated rings. The van der Waals surface area contributed by atoms with Crippen molar-refractivity contribution in [1.82, 2.24) is 5.32 Å². The van der Waals surface area contributed by atoms with E-state index in [0.717, 1.165) is 19.3 Å². The molecule has 0 unspecified atom stereocenters. The van der Waals surface area contributed by atoms with E-state index >= 15 is 0 Å². The molecule has 0 aromatic heterocycles. The molecule has 0 heterocycles. The van der Waals surface area contributed by atoms with Gasteiger partial charge in [-0.3, -0.25) is 14.9 Å². The van der Waals surface area contributed by atoms with Crippen molar-refractivity contribution >= 4 is 11.8 Å². The number of imide groups is 1. The maximum atomic E-state index is 11.1. The van der Waals surface area contributed by atoms with Crippen LogP contribution in [-0.2, 0) is 9.59 Å². The molecule has 0 aliphatic heterocycles. The van der Waals surface area contributed by atoms with Gasteiger partial charge in [0, 0.05) is 12.0 Å². The molecular formula is C10H17NO2. The van der Waals surface area contributed by atoms with Crippen molar-refractivity contribution in [3.8, 4) is 0 Å². The Kier molecular flexibility index (Phi) is 5.85. The molecule has 13 heavy (non-hydrogen) atoms. The van der Waals surface area contributed by atoms with Crippen LogP contribution in [0.15, 0.2) is 12.2 Å². The van der Waals surface area contributed by atoms with Crippen molar-refractivity contribution in [2.24, 2.45) is 0 Å². The number of carbonyl (C=O) groups is 2. The fraction of sp³-hybridized carbons (Fsp3) is 0.600. The van der Waals surface area contributed by atoms with Gasteiger partial charge in [-0.25, -0.2) is 0 Å². The molecule has 0 aliphatic carbocycles. The predicted molar refractivity (Wildman–Crippen MR) is 52.1 cm³/mol. The zero-order chi connectivity index (χ0) is 10.3. The van der Waals surface area contributed by atoms with Gasteiger partial charge in [-0.2, -0.15) is 0 Å². The van der Waals surface area contributed by atoms with Crippen LogP contribution in [0.5, 0.6) is 0 Å². The van der Waals surface area contributed by atoms with Gasteiger partial charge in [0.15, 0.2) is 0 Å². The maximum Gasteiger partial charge on any atom is 0.252 e. The third-order valence-corrected chi connectivity index (χ3v) is 1.65. The lowest BCUT2D eigenvalue weighted by molar-refractivity contribution is -0.128. The standard InChI is InChI=1S/C10H17NO2/c1-4-5-6-7-9(12)11-10(13)8(2)3/h2,4-7H2,1,3H3,(H,11,12,13). The molecule has 2 amide bonds. The summed E-state index contributed by atoms with van der Waals surface area (Å²) in [5.41, 5.74) is 0.365. The maximum absolute atomic E-state index is 11.1. The van der Waals surface area contributed by atoms with E-state index in [-0.39, 0.29) is 11.8 Å². The molecule has 0 aromatic rings. The number of carbonyl (C=O) groups excluding carboxylic acids is 2. The van der Waals surface area contributed by atoms with Gasteiger partial charge in [0.25, 0.3) is 5.91 Å². The lowest BCUT2D eigenvalue weighted by atomic mass is 10.2. The summed E-state index contributed by atoms with van der Waals surface area (Å²) < 4.78 is 0. The number of hydrogen-bond donors (Lipinski definition) is 1. The molecule has 0 aromatic carbocycles. The van der Waals surface area contributed by atoms with Gasteiger partial charge >= 0.3 is 0 Å². The SMILES string of the molecule is C=C(C)C(=O)NC(=O)CCCCC. The van der Waals surface area contributed by atoms with Crippen LogP contribution in [0.2, 0.25) is 0 Å². The normalized spacial score (nSPS) is 9.38. The van der Waals surface area contributed by atoms with Crippen LogP contribution >= 0.6 is 0 Å². The molecule has 3 heteroatoms. The lowest BCUT2D eigenvalue weighted by Crippen LogP contribution is -2.30. The van der Waals surface area contributed by atoms with Gasteiger partial charge in [-0.15, -0.1) is 0 Å². The Bertz CT molecular complexity index is 209.